The molecule has 1 unspecified atom stereocenters. The Hall–Kier alpha value is -2.31. The quantitative estimate of drug-likeness (QED) is 0.762. The molecule has 2 aromatic carbocycles. The van der Waals surface area contributed by atoms with Crippen LogP contribution in [0.4, 0.5) is 0 Å². The highest BCUT2D eigenvalue weighted by Gasteiger charge is 2.16. The Morgan fingerprint density at radius 1 is 1.21 bits per heavy atom. The average molecular weight is 342 g/mol. The fourth-order valence-corrected chi connectivity index (χ4v) is 3.64. The van der Waals surface area contributed by atoms with Crippen molar-refractivity contribution in [2.24, 2.45) is 0 Å². The highest BCUT2D eigenvalue weighted by Crippen LogP contribution is 2.34. The van der Waals surface area contributed by atoms with Crippen LogP contribution in [0.5, 0.6) is 17.2 Å². The summed E-state index contributed by atoms with van der Waals surface area (Å²) in [6.45, 7) is 3.15. The first kappa shape index (κ1) is 15.2. The first-order valence-electron chi connectivity index (χ1n) is 7.79. The van der Waals surface area contributed by atoms with Crippen LogP contribution in [0.3, 0.4) is 0 Å². The first-order valence-corrected chi connectivity index (χ1v) is 8.61. The molecule has 5 nitrogen and oxygen atoms in total. The minimum Gasteiger partial charge on any atom is -0.497 e. The number of hydrogen-bond acceptors (Lipinski definition) is 6. The molecule has 0 saturated carbocycles. The van der Waals surface area contributed by atoms with E-state index in [1.54, 1.807) is 18.4 Å². The second-order valence-corrected chi connectivity index (χ2v) is 6.77. The van der Waals surface area contributed by atoms with Gasteiger partial charge in [0.05, 0.1) is 17.3 Å². The molecule has 0 saturated heterocycles. The summed E-state index contributed by atoms with van der Waals surface area (Å²) in [6.07, 6.45) is 0. The molecule has 1 aromatic heterocycles. The van der Waals surface area contributed by atoms with Crippen LogP contribution in [0, 0.1) is 0 Å². The second-order valence-electron chi connectivity index (χ2n) is 5.66. The number of fused-ring (bicyclic) bond motifs is 2. The third-order valence-electron chi connectivity index (χ3n) is 4.10. The van der Waals surface area contributed by atoms with E-state index in [1.165, 1.54) is 5.56 Å². The molecule has 4 rings (SSSR count). The number of hydrogen-bond donors (Lipinski definition) is 1. The van der Waals surface area contributed by atoms with Crippen LogP contribution in [0.25, 0.3) is 10.2 Å². The minimum atomic E-state index is 0.195. The van der Waals surface area contributed by atoms with E-state index in [9.17, 15) is 0 Å². The third kappa shape index (κ3) is 2.90. The monoisotopic (exact) mass is 342 g/mol. The number of rotatable bonds is 5. The number of thiazole rings is 1. The maximum absolute atomic E-state index is 5.44. The van der Waals surface area contributed by atoms with Crippen LogP contribution in [0.15, 0.2) is 36.4 Å². The molecule has 1 aliphatic rings. The molecule has 1 atom stereocenters. The van der Waals surface area contributed by atoms with Gasteiger partial charge in [0, 0.05) is 12.6 Å². The topological polar surface area (TPSA) is 52.6 Å². The summed E-state index contributed by atoms with van der Waals surface area (Å²) < 4.78 is 17.2. The van der Waals surface area contributed by atoms with Crippen molar-refractivity contribution >= 4 is 21.6 Å². The van der Waals surface area contributed by atoms with E-state index < -0.39 is 0 Å². The molecule has 0 fully saturated rings. The number of methoxy groups -OCH3 is 1. The van der Waals surface area contributed by atoms with E-state index >= 15 is 0 Å². The highest BCUT2D eigenvalue weighted by molar-refractivity contribution is 7.18. The molecule has 1 N–H and O–H groups in total. The van der Waals surface area contributed by atoms with Crippen LogP contribution in [-0.4, -0.2) is 18.9 Å². The number of ether oxygens (including phenoxy) is 3. The lowest BCUT2D eigenvalue weighted by Crippen LogP contribution is -2.17. The Labute approximate surface area is 144 Å². The first-order chi connectivity index (χ1) is 11.7. The van der Waals surface area contributed by atoms with E-state index in [4.69, 9.17) is 14.2 Å². The molecular formula is C18H18N2O3S. The van der Waals surface area contributed by atoms with E-state index in [-0.39, 0.29) is 6.04 Å². The van der Waals surface area contributed by atoms with Crippen LogP contribution in [-0.2, 0) is 6.54 Å². The Balaban J connectivity index is 1.46. The van der Waals surface area contributed by atoms with Gasteiger partial charge in [0.15, 0.2) is 11.5 Å². The van der Waals surface area contributed by atoms with Crippen LogP contribution in [0.2, 0.25) is 0 Å². The second kappa shape index (κ2) is 6.30. The SMILES string of the molecule is COc1ccc2nc(CNC(C)c3ccc4c(c3)OCO4)sc2c1. The lowest BCUT2D eigenvalue weighted by molar-refractivity contribution is 0.174. The summed E-state index contributed by atoms with van der Waals surface area (Å²) in [5, 5.41) is 4.58. The van der Waals surface area contributed by atoms with Crippen molar-refractivity contribution < 1.29 is 14.2 Å². The van der Waals surface area contributed by atoms with E-state index in [0.717, 1.165) is 39.0 Å². The summed E-state index contributed by atoms with van der Waals surface area (Å²) in [4.78, 5) is 4.67. The minimum absolute atomic E-state index is 0.195. The highest BCUT2D eigenvalue weighted by atomic mass is 32.1. The Morgan fingerprint density at radius 3 is 2.96 bits per heavy atom. The van der Waals surface area contributed by atoms with Crippen LogP contribution < -0.4 is 19.5 Å². The Kier molecular flexibility index (Phi) is 4.00. The largest absolute Gasteiger partial charge is 0.497 e. The van der Waals surface area contributed by atoms with Crippen LogP contribution >= 0.6 is 11.3 Å². The van der Waals surface area contributed by atoms with Crippen molar-refractivity contribution in [1.29, 1.82) is 0 Å². The fourth-order valence-electron chi connectivity index (χ4n) is 2.70. The van der Waals surface area contributed by atoms with Crippen LogP contribution in [0.1, 0.15) is 23.5 Å². The molecule has 1 aliphatic heterocycles. The molecule has 6 heteroatoms. The van der Waals surface area contributed by atoms with Gasteiger partial charge in [-0.25, -0.2) is 4.98 Å². The molecule has 3 aromatic rings. The maximum Gasteiger partial charge on any atom is 0.231 e. The van der Waals surface area contributed by atoms with E-state index in [1.807, 2.05) is 30.3 Å². The van der Waals surface area contributed by atoms with Gasteiger partial charge in [0.25, 0.3) is 0 Å². The van der Waals surface area contributed by atoms with Crippen molar-refractivity contribution in [3.63, 3.8) is 0 Å². The van der Waals surface area contributed by atoms with Gasteiger partial charge in [0.1, 0.15) is 10.8 Å². The standard InChI is InChI=1S/C18H18N2O3S/c1-11(12-3-6-15-16(7-12)23-10-22-15)19-9-18-20-14-5-4-13(21-2)8-17(14)24-18/h3-8,11,19H,9-10H2,1-2H3. The smallest absolute Gasteiger partial charge is 0.231 e. The van der Waals surface area contributed by atoms with Crippen molar-refractivity contribution in [3.8, 4) is 17.2 Å². The van der Waals surface area contributed by atoms with Gasteiger partial charge >= 0.3 is 0 Å². The normalized spacial score (nSPS) is 14.1. The summed E-state index contributed by atoms with van der Waals surface area (Å²) in [5.41, 5.74) is 2.18. The lowest BCUT2D eigenvalue weighted by atomic mass is 10.1. The summed E-state index contributed by atoms with van der Waals surface area (Å²) in [5.74, 6) is 2.48. The molecule has 124 valence electrons. The molecule has 24 heavy (non-hydrogen) atoms. The molecule has 0 spiro atoms. The fraction of sp³-hybridized carbons (Fsp3) is 0.278. The zero-order valence-electron chi connectivity index (χ0n) is 13.5. The Bertz CT molecular complexity index is 878. The molecule has 0 aliphatic carbocycles. The number of aromatic nitrogens is 1. The van der Waals surface area contributed by atoms with Gasteiger partial charge in [0.2, 0.25) is 6.79 Å². The van der Waals surface area contributed by atoms with Crippen molar-refractivity contribution in [3.05, 3.63) is 47.0 Å². The third-order valence-corrected chi connectivity index (χ3v) is 5.11. The molecule has 0 amide bonds. The van der Waals surface area contributed by atoms with Gasteiger partial charge < -0.3 is 19.5 Å². The zero-order valence-corrected chi connectivity index (χ0v) is 14.4. The van der Waals surface area contributed by atoms with Crippen molar-refractivity contribution in [2.45, 2.75) is 19.5 Å². The van der Waals surface area contributed by atoms with E-state index in [2.05, 4.69) is 23.3 Å². The van der Waals surface area contributed by atoms with Crippen molar-refractivity contribution in [2.75, 3.05) is 13.9 Å². The van der Waals surface area contributed by atoms with Crippen molar-refractivity contribution in [1.82, 2.24) is 10.3 Å². The van der Waals surface area contributed by atoms with E-state index in [0.29, 0.717) is 6.79 Å². The van der Waals surface area contributed by atoms with Gasteiger partial charge in [-0.2, -0.15) is 0 Å². The summed E-state index contributed by atoms with van der Waals surface area (Å²) >= 11 is 1.69. The predicted molar refractivity (Wildman–Crippen MR) is 94.0 cm³/mol. The maximum atomic E-state index is 5.44. The van der Waals surface area contributed by atoms with Gasteiger partial charge in [-0.15, -0.1) is 11.3 Å². The van der Waals surface area contributed by atoms with Gasteiger partial charge in [-0.3, -0.25) is 0 Å². The number of nitrogens with one attached hydrogen (secondary N) is 1. The Morgan fingerprint density at radius 2 is 2.08 bits per heavy atom. The molecule has 0 radical (unpaired) electrons. The van der Waals surface area contributed by atoms with Gasteiger partial charge in [-0.05, 0) is 42.8 Å². The average Bonchev–Trinajstić information content (AvgIpc) is 3.24. The molecular weight excluding hydrogens is 324 g/mol. The molecule has 2 heterocycles. The predicted octanol–water partition coefficient (Wildman–Crippen LogP) is 3.88. The molecule has 0 bridgehead atoms. The zero-order chi connectivity index (χ0) is 16.5. The lowest BCUT2D eigenvalue weighted by Gasteiger charge is -2.13. The van der Waals surface area contributed by atoms with Gasteiger partial charge in [-0.1, -0.05) is 6.07 Å². The number of benzene rings is 2. The summed E-state index contributed by atoms with van der Waals surface area (Å²) in [6, 6.07) is 12.2. The summed E-state index contributed by atoms with van der Waals surface area (Å²) in [7, 11) is 1.68. The number of nitrogens with zero attached hydrogens (tertiary/aromatic N) is 1.